The lowest BCUT2D eigenvalue weighted by atomic mass is 9.97. The van der Waals surface area contributed by atoms with Crippen molar-refractivity contribution in [3.63, 3.8) is 0 Å². The number of tetrazole rings is 1. The third kappa shape index (κ3) is 5.79. The van der Waals surface area contributed by atoms with Gasteiger partial charge < -0.3 is 5.32 Å². The Balaban J connectivity index is 1.67. The zero-order chi connectivity index (χ0) is 15.8. The monoisotopic (exact) mass is 323 g/mol. The minimum Gasteiger partial charge on any atom is -0.355 e. The molecule has 7 heteroatoms. The fourth-order valence-corrected chi connectivity index (χ4v) is 3.15. The summed E-state index contributed by atoms with van der Waals surface area (Å²) < 4.78 is 1.76. The summed E-state index contributed by atoms with van der Waals surface area (Å²) in [5.41, 5.74) is 1.49. The molecular formula is C15H25N5OS. The zero-order valence-electron chi connectivity index (χ0n) is 13.4. The summed E-state index contributed by atoms with van der Waals surface area (Å²) in [4.78, 5) is 11.9. The maximum Gasteiger partial charge on any atom is 0.230 e. The summed E-state index contributed by atoms with van der Waals surface area (Å²) in [7, 11) is 0. The van der Waals surface area contributed by atoms with Gasteiger partial charge in [0.15, 0.2) is 0 Å². The molecule has 0 atom stereocenters. The number of nitrogens with one attached hydrogen (secondary N) is 1. The molecule has 0 spiro atoms. The number of thioether (sulfide) groups is 1. The first-order valence-corrected chi connectivity index (χ1v) is 8.97. The Bertz CT molecular complexity index is 512. The molecule has 0 aromatic carbocycles. The average molecular weight is 323 g/mol. The van der Waals surface area contributed by atoms with Gasteiger partial charge in [0.05, 0.1) is 5.75 Å². The predicted molar refractivity (Wildman–Crippen MR) is 87.6 cm³/mol. The van der Waals surface area contributed by atoms with Gasteiger partial charge in [-0.2, -0.15) is 0 Å². The summed E-state index contributed by atoms with van der Waals surface area (Å²) in [6.45, 7) is 5.72. The molecule has 1 heterocycles. The summed E-state index contributed by atoms with van der Waals surface area (Å²) in [6.07, 6.45) is 8.27. The van der Waals surface area contributed by atoms with Crippen molar-refractivity contribution in [1.82, 2.24) is 25.5 Å². The molecule has 122 valence electrons. The maximum atomic E-state index is 11.9. The Morgan fingerprint density at radius 3 is 3.05 bits per heavy atom. The van der Waals surface area contributed by atoms with E-state index in [1.165, 1.54) is 43.0 Å². The number of hydrogen-bond acceptors (Lipinski definition) is 5. The van der Waals surface area contributed by atoms with E-state index in [0.29, 0.717) is 16.8 Å². The molecule has 1 amide bonds. The number of rotatable bonds is 8. The zero-order valence-corrected chi connectivity index (χ0v) is 14.2. The van der Waals surface area contributed by atoms with Crippen LogP contribution in [0.5, 0.6) is 0 Å². The van der Waals surface area contributed by atoms with Crippen LogP contribution in [0.2, 0.25) is 0 Å². The maximum absolute atomic E-state index is 11.9. The second-order valence-corrected chi connectivity index (χ2v) is 6.98. The highest BCUT2D eigenvalue weighted by atomic mass is 32.2. The number of hydrogen-bond donors (Lipinski definition) is 1. The highest BCUT2D eigenvalue weighted by molar-refractivity contribution is 7.99. The molecule has 0 fully saturated rings. The summed E-state index contributed by atoms with van der Waals surface area (Å²) in [5.74, 6) is 0.873. The molecule has 0 saturated heterocycles. The van der Waals surface area contributed by atoms with Crippen LogP contribution in [0.1, 0.15) is 46.0 Å². The van der Waals surface area contributed by atoms with E-state index in [2.05, 4.69) is 40.8 Å². The van der Waals surface area contributed by atoms with E-state index >= 15 is 0 Å². The highest BCUT2D eigenvalue weighted by Gasteiger charge is 2.11. The molecule has 2 rings (SSSR count). The Kier molecular flexibility index (Phi) is 6.89. The summed E-state index contributed by atoms with van der Waals surface area (Å²) in [6, 6.07) is 0. The Labute approximate surface area is 136 Å². The van der Waals surface area contributed by atoms with Crippen LogP contribution in [0.15, 0.2) is 16.8 Å². The topological polar surface area (TPSA) is 72.7 Å². The molecule has 1 aliphatic rings. The highest BCUT2D eigenvalue weighted by Crippen LogP contribution is 2.19. The van der Waals surface area contributed by atoms with Gasteiger partial charge in [0.25, 0.3) is 0 Å². The van der Waals surface area contributed by atoms with E-state index in [-0.39, 0.29) is 5.91 Å². The van der Waals surface area contributed by atoms with Crippen molar-refractivity contribution >= 4 is 17.7 Å². The van der Waals surface area contributed by atoms with Crippen molar-refractivity contribution in [3.05, 3.63) is 11.6 Å². The first-order valence-electron chi connectivity index (χ1n) is 7.98. The molecule has 0 bridgehead atoms. The minimum atomic E-state index is 0.0421. The number of allylic oxidation sites excluding steroid dienone is 1. The van der Waals surface area contributed by atoms with Crippen molar-refractivity contribution < 1.29 is 4.79 Å². The van der Waals surface area contributed by atoms with Crippen molar-refractivity contribution in [2.75, 3.05) is 12.3 Å². The van der Waals surface area contributed by atoms with E-state index in [0.717, 1.165) is 19.5 Å². The van der Waals surface area contributed by atoms with E-state index in [1.807, 2.05) is 0 Å². The number of aromatic nitrogens is 4. The lowest BCUT2D eigenvalue weighted by Gasteiger charge is -2.12. The average Bonchev–Trinajstić information content (AvgIpc) is 2.93. The van der Waals surface area contributed by atoms with Gasteiger partial charge in [-0.15, -0.1) is 5.10 Å². The summed E-state index contributed by atoms with van der Waals surface area (Å²) >= 11 is 1.39. The molecule has 1 N–H and O–H groups in total. The summed E-state index contributed by atoms with van der Waals surface area (Å²) in [5, 5.41) is 15.3. The number of carbonyl (C=O) groups excluding carboxylic acids is 1. The Morgan fingerprint density at radius 1 is 1.45 bits per heavy atom. The molecule has 1 aromatic rings. The third-order valence-electron chi connectivity index (χ3n) is 3.52. The molecule has 0 radical (unpaired) electrons. The van der Waals surface area contributed by atoms with Crippen LogP contribution in [-0.4, -0.2) is 38.4 Å². The van der Waals surface area contributed by atoms with Crippen LogP contribution in [0.4, 0.5) is 0 Å². The molecule has 1 aliphatic carbocycles. The lowest BCUT2D eigenvalue weighted by molar-refractivity contribution is -0.118. The quantitative estimate of drug-likeness (QED) is 0.587. The number of carbonyl (C=O) groups is 1. The minimum absolute atomic E-state index is 0.0421. The number of nitrogens with zero attached hydrogens (tertiary/aromatic N) is 4. The van der Waals surface area contributed by atoms with Gasteiger partial charge in [-0.25, -0.2) is 4.68 Å². The van der Waals surface area contributed by atoms with Crippen LogP contribution < -0.4 is 5.32 Å². The van der Waals surface area contributed by atoms with Crippen LogP contribution >= 0.6 is 11.8 Å². The van der Waals surface area contributed by atoms with E-state index < -0.39 is 0 Å². The molecule has 0 unspecified atom stereocenters. The second kappa shape index (κ2) is 8.92. The lowest BCUT2D eigenvalue weighted by Crippen LogP contribution is -2.26. The normalized spacial score (nSPS) is 15.0. The fraction of sp³-hybridized carbons (Fsp3) is 0.733. The van der Waals surface area contributed by atoms with Crippen molar-refractivity contribution in [2.45, 2.75) is 57.7 Å². The Hall–Kier alpha value is -1.37. The number of amides is 1. The van der Waals surface area contributed by atoms with Gasteiger partial charge in [-0.1, -0.05) is 37.3 Å². The largest absolute Gasteiger partial charge is 0.355 e. The van der Waals surface area contributed by atoms with Crippen molar-refractivity contribution in [1.29, 1.82) is 0 Å². The molecule has 0 aliphatic heterocycles. The Morgan fingerprint density at radius 2 is 2.32 bits per heavy atom. The third-order valence-corrected chi connectivity index (χ3v) is 4.48. The van der Waals surface area contributed by atoms with E-state index in [9.17, 15) is 4.79 Å². The van der Waals surface area contributed by atoms with Gasteiger partial charge >= 0.3 is 0 Å². The first kappa shape index (κ1) is 17.0. The van der Waals surface area contributed by atoms with Crippen LogP contribution in [0.25, 0.3) is 0 Å². The van der Waals surface area contributed by atoms with Gasteiger partial charge in [0, 0.05) is 13.1 Å². The van der Waals surface area contributed by atoms with Crippen LogP contribution in [-0.2, 0) is 11.3 Å². The fourth-order valence-electron chi connectivity index (χ4n) is 2.44. The molecule has 1 aromatic heterocycles. The van der Waals surface area contributed by atoms with Crippen molar-refractivity contribution in [3.8, 4) is 0 Å². The molecular weight excluding hydrogens is 298 g/mol. The standard InChI is InChI=1S/C15H25N5OS/c1-12(2)10-20-15(17-18-19-20)22-11-14(21)16-9-8-13-6-4-3-5-7-13/h6,12H,3-5,7-11H2,1-2H3,(H,16,21). The SMILES string of the molecule is CC(C)Cn1nnnc1SCC(=O)NCCC1=CCCCC1. The molecule has 22 heavy (non-hydrogen) atoms. The van der Waals surface area contributed by atoms with Gasteiger partial charge in [0.1, 0.15) is 0 Å². The van der Waals surface area contributed by atoms with Gasteiger partial charge in [-0.3, -0.25) is 4.79 Å². The second-order valence-electron chi connectivity index (χ2n) is 6.03. The van der Waals surface area contributed by atoms with Crippen molar-refractivity contribution in [2.24, 2.45) is 5.92 Å². The van der Waals surface area contributed by atoms with E-state index in [4.69, 9.17) is 0 Å². The smallest absolute Gasteiger partial charge is 0.230 e. The van der Waals surface area contributed by atoms with E-state index in [1.54, 1.807) is 4.68 Å². The predicted octanol–water partition coefficient (Wildman–Crippen LogP) is 2.43. The molecule has 6 nitrogen and oxygen atoms in total. The molecule has 0 saturated carbocycles. The van der Waals surface area contributed by atoms with Crippen LogP contribution in [0, 0.1) is 5.92 Å². The first-order chi connectivity index (χ1) is 10.6. The van der Waals surface area contributed by atoms with Gasteiger partial charge in [-0.05, 0) is 48.4 Å². The van der Waals surface area contributed by atoms with Gasteiger partial charge in [0.2, 0.25) is 11.1 Å². The van der Waals surface area contributed by atoms with Crippen LogP contribution in [0.3, 0.4) is 0 Å².